The molecule has 4 rings (SSSR count). The summed E-state index contributed by atoms with van der Waals surface area (Å²) in [5.41, 5.74) is 3.06. The Balaban J connectivity index is 1.99. The first-order chi connectivity index (χ1) is 11.0. The SMILES string of the molecule is C[C@@H]1Cc2ccc3c(c2[C@@H](O)C1)C(=O)c1cccc(O)c1[C@H]3O. The van der Waals surface area contributed by atoms with E-state index in [1.54, 1.807) is 18.2 Å². The van der Waals surface area contributed by atoms with E-state index in [4.69, 9.17) is 0 Å². The lowest BCUT2D eigenvalue weighted by Gasteiger charge is -2.33. The molecule has 0 radical (unpaired) electrons. The van der Waals surface area contributed by atoms with Crippen LogP contribution in [0.25, 0.3) is 0 Å². The standard InChI is InChI=1S/C19H18O4/c1-9-7-10-5-6-12-17(15(10)14(21)8-9)19(23)11-3-2-4-13(20)16(11)18(12)22/h2-6,9,14,18,20-22H,7-8H2,1H3/t9-,14+,18+/m1/s1. The Labute approximate surface area is 134 Å². The summed E-state index contributed by atoms with van der Waals surface area (Å²) in [5.74, 6) is 0.0399. The van der Waals surface area contributed by atoms with Crippen molar-refractivity contribution in [1.82, 2.24) is 0 Å². The summed E-state index contributed by atoms with van der Waals surface area (Å²) in [6.45, 7) is 2.08. The highest BCUT2D eigenvalue weighted by Gasteiger charge is 2.37. The molecular formula is C19H18O4. The maximum absolute atomic E-state index is 13.0. The first kappa shape index (κ1) is 14.4. The van der Waals surface area contributed by atoms with Crippen molar-refractivity contribution < 1.29 is 20.1 Å². The number of rotatable bonds is 0. The third kappa shape index (κ3) is 1.95. The minimum atomic E-state index is -1.06. The van der Waals surface area contributed by atoms with Crippen LogP contribution in [0, 0.1) is 5.92 Å². The van der Waals surface area contributed by atoms with Crippen LogP contribution in [-0.2, 0) is 6.42 Å². The minimum Gasteiger partial charge on any atom is -0.508 e. The topological polar surface area (TPSA) is 77.8 Å². The molecule has 2 aromatic rings. The molecule has 23 heavy (non-hydrogen) atoms. The second kappa shape index (κ2) is 4.91. The van der Waals surface area contributed by atoms with Crippen LogP contribution in [0.3, 0.4) is 0 Å². The number of carbonyl (C=O) groups excluding carboxylic acids is 1. The van der Waals surface area contributed by atoms with E-state index in [1.165, 1.54) is 6.07 Å². The van der Waals surface area contributed by atoms with E-state index in [0.29, 0.717) is 34.6 Å². The van der Waals surface area contributed by atoms with E-state index in [9.17, 15) is 20.1 Å². The highest BCUT2D eigenvalue weighted by Crippen LogP contribution is 2.45. The molecule has 2 aliphatic rings. The molecule has 0 aromatic heterocycles. The molecule has 2 aromatic carbocycles. The van der Waals surface area contributed by atoms with E-state index in [-0.39, 0.29) is 17.1 Å². The summed E-state index contributed by atoms with van der Waals surface area (Å²) < 4.78 is 0. The van der Waals surface area contributed by atoms with Crippen molar-refractivity contribution in [2.75, 3.05) is 0 Å². The summed E-state index contributed by atoms with van der Waals surface area (Å²) in [6.07, 6.45) is -0.329. The van der Waals surface area contributed by atoms with Gasteiger partial charge in [-0.2, -0.15) is 0 Å². The predicted molar refractivity (Wildman–Crippen MR) is 84.5 cm³/mol. The van der Waals surface area contributed by atoms with Crippen LogP contribution >= 0.6 is 0 Å². The maximum atomic E-state index is 13.0. The highest BCUT2D eigenvalue weighted by molar-refractivity contribution is 6.14. The van der Waals surface area contributed by atoms with Crippen molar-refractivity contribution in [2.24, 2.45) is 5.92 Å². The third-order valence-electron chi connectivity index (χ3n) is 5.02. The van der Waals surface area contributed by atoms with Gasteiger partial charge in [0, 0.05) is 16.7 Å². The van der Waals surface area contributed by atoms with E-state index in [1.807, 2.05) is 6.07 Å². The fraction of sp³-hybridized carbons (Fsp3) is 0.316. The van der Waals surface area contributed by atoms with Crippen molar-refractivity contribution in [3.63, 3.8) is 0 Å². The van der Waals surface area contributed by atoms with Gasteiger partial charge < -0.3 is 15.3 Å². The van der Waals surface area contributed by atoms with Gasteiger partial charge in [-0.05, 0) is 41.5 Å². The van der Waals surface area contributed by atoms with Gasteiger partial charge in [0.15, 0.2) is 5.78 Å². The lowest BCUT2D eigenvalue weighted by molar-refractivity contribution is 0.0991. The zero-order chi connectivity index (χ0) is 16.3. The molecule has 0 heterocycles. The lowest BCUT2D eigenvalue weighted by atomic mass is 9.73. The number of aromatic hydroxyl groups is 1. The molecule has 2 aliphatic carbocycles. The zero-order valence-corrected chi connectivity index (χ0v) is 12.8. The van der Waals surface area contributed by atoms with Crippen LogP contribution in [0.2, 0.25) is 0 Å². The van der Waals surface area contributed by atoms with Gasteiger partial charge in [-0.1, -0.05) is 31.2 Å². The Hall–Kier alpha value is -2.17. The number of carbonyl (C=O) groups is 1. The summed E-state index contributed by atoms with van der Waals surface area (Å²) in [5, 5.41) is 31.2. The number of ketones is 1. The normalized spacial score (nSPS) is 25.5. The van der Waals surface area contributed by atoms with Crippen LogP contribution in [0.4, 0.5) is 0 Å². The van der Waals surface area contributed by atoms with Crippen molar-refractivity contribution in [2.45, 2.75) is 32.0 Å². The Morgan fingerprint density at radius 1 is 1.09 bits per heavy atom. The molecule has 4 heteroatoms. The predicted octanol–water partition coefficient (Wildman–Crippen LogP) is 2.63. The number of hydrogen-bond donors (Lipinski definition) is 3. The number of benzene rings is 2. The monoisotopic (exact) mass is 310 g/mol. The van der Waals surface area contributed by atoms with Crippen molar-refractivity contribution in [3.8, 4) is 5.75 Å². The van der Waals surface area contributed by atoms with Crippen LogP contribution in [-0.4, -0.2) is 21.1 Å². The summed E-state index contributed by atoms with van der Waals surface area (Å²) >= 11 is 0. The average molecular weight is 310 g/mol. The van der Waals surface area contributed by atoms with Crippen LogP contribution in [0.1, 0.15) is 63.7 Å². The lowest BCUT2D eigenvalue weighted by Crippen LogP contribution is -2.26. The number of aliphatic hydroxyl groups excluding tert-OH is 2. The number of phenolic OH excluding ortho intramolecular Hbond substituents is 1. The Morgan fingerprint density at radius 3 is 2.65 bits per heavy atom. The third-order valence-corrected chi connectivity index (χ3v) is 5.02. The van der Waals surface area contributed by atoms with Crippen LogP contribution in [0.5, 0.6) is 5.75 Å². The summed E-state index contributed by atoms with van der Waals surface area (Å²) in [7, 11) is 0. The Bertz CT molecular complexity index is 824. The molecule has 0 spiro atoms. The van der Waals surface area contributed by atoms with E-state index >= 15 is 0 Å². The molecule has 0 unspecified atom stereocenters. The van der Waals surface area contributed by atoms with Gasteiger partial charge in [-0.3, -0.25) is 4.79 Å². The Kier molecular flexibility index (Phi) is 3.08. The summed E-state index contributed by atoms with van der Waals surface area (Å²) in [4.78, 5) is 13.0. The fourth-order valence-corrected chi connectivity index (χ4v) is 4.01. The van der Waals surface area contributed by atoms with E-state index < -0.39 is 12.2 Å². The van der Waals surface area contributed by atoms with Crippen molar-refractivity contribution in [1.29, 1.82) is 0 Å². The molecule has 0 amide bonds. The number of fused-ring (bicyclic) bond motifs is 4. The molecule has 0 fully saturated rings. The molecule has 118 valence electrons. The fourth-order valence-electron chi connectivity index (χ4n) is 4.01. The van der Waals surface area contributed by atoms with Gasteiger partial charge in [0.2, 0.25) is 0 Å². The highest BCUT2D eigenvalue weighted by atomic mass is 16.3. The van der Waals surface area contributed by atoms with E-state index in [2.05, 4.69) is 6.92 Å². The second-order valence-electron chi connectivity index (χ2n) is 6.63. The molecule has 0 saturated heterocycles. The van der Waals surface area contributed by atoms with Gasteiger partial charge in [-0.15, -0.1) is 0 Å². The van der Waals surface area contributed by atoms with Gasteiger partial charge >= 0.3 is 0 Å². The van der Waals surface area contributed by atoms with Crippen molar-refractivity contribution in [3.05, 3.63) is 63.7 Å². The molecule has 3 N–H and O–H groups in total. The second-order valence-corrected chi connectivity index (χ2v) is 6.63. The Morgan fingerprint density at radius 2 is 1.87 bits per heavy atom. The summed E-state index contributed by atoms with van der Waals surface area (Å²) in [6, 6.07) is 8.30. The number of aliphatic hydroxyl groups is 2. The molecule has 0 aliphatic heterocycles. The van der Waals surface area contributed by atoms with Gasteiger partial charge in [0.25, 0.3) is 0 Å². The maximum Gasteiger partial charge on any atom is 0.194 e. The average Bonchev–Trinajstić information content (AvgIpc) is 2.51. The van der Waals surface area contributed by atoms with E-state index in [0.717, 1.165) is 12.0 Å². The first-order valence-electron chi connectivity index (χ1n) is 7.87. The minimum absolute atomic E-state index is 0.0825. The van der Waals surface area contributed by atoms with Gasteiger partial charge in [0.1, 0.15) is 11.9 Å². The quantitative estimate of drug-likeness (QED) is 0.699. The van der Waals surface area contributed by atoms with Gasteiger partial charge in [0.05, 0.1) is 6.10 Å². The molecule has 0 bridgehead atoms. The number of phenols is 1. The van der Waals surface area contributed by atoms with Crippen LogP contribution < -0.4 is 0 Å². The largest absolute Gasteiger partial charge is 0.508 e. The smallest absolute Gasteiger partial charge is 0.194 e. The zero-order valence-electron chi connectivity index (χ0n) is 12.8. The molecule has 3 atom stereocenters. The van der Waals surface area contributed by atoms with Gasteiger partial charge in [-0.25, -0.2) is 0 Å². The molecular weight excluding hydrogens is 292 g/mol. The van der Waals surface area contributed by atoms with Crippen molar-refractivity contribution >= 4 is 5.78 Å². The number of hydrogen-bond acceptors (Lipinski definition) is 4. The van der Waals surface area contributed by atoms with Crippen LogP contribution in [0.15, 0.2) is 30.3 Å². The first-order valence-corrected chi connectivity index (χ1v) is 7.87. The molecule has 0 saturated carbocycles. The molecule has 4 nitrogen and oxygen atoms in total.